The van der Waals surface area contributed by atoms with Crippen LogP contribution in [0, 0.1) is 11.3 Å². The van der Waals surface area contributed by atoms with Crippen molar-refractivity contribution < 1.29 is 9.53 Å². The van der Waals surface area contributed by atoms with Crippen molar-refractivity contribution in [3.8, 4) is 11.8 Å². The molecule has 0 radical (unpaired) electrons. The van der Waals surface area contributed by atoms with Crippen molar-refractivity contribution in [1.82, 2.24) is 0 Å². The molecular formula is C23H26N2O2. The van der Waals surface area contributed by atoms with Gasteiger partial charge in [-0.05, 0) is 43.9 Å². The first kappa shape index (κ1) is 19.0. The van der Waals surface area contributed by atoms with E-state index in [2.05, 4.69) is 18.3 Å². The monoisotopic (exact) mass is 362 g/mol. The second kappa shape index (κ2) is 8.26. The molecule has 2 aromatic carbocycles. The number of benzene rings is 2. The Hall–Kier alpha value is -2.80. The van der Waals surface area contributed by atoms with Crippen LogP contribution in [0.3, 0.4) is 0 Å². The molecule has 0 unspecified atom stereocenters. The van der Waals surface area contributed by atoms with Crippen molar-refractivity contribution in [3.05, 3.63) is 59.7 Å². The Morgan fingerprint density at radius 2 is 1.93 bits per heavy atom. The van der Waals surface area contributed by atoms with E-state index in [1.807, 2.05) is 43.3 Å². The van der Waals surface area contributed by atoms with Gasteiger partial charge in [-0.3, -0.25) is 4.79 Å². The molecule has 1 amide bonds. The number of carbonyl (C=O) groups excluding carboxylic acids is 1. The average Bonchev–Trinajstić information content (AvgIpc) is 3.21. The van der Waals surface area contributed by atoms with E-state index < -0.39 is 5.41 Å². The van der Waals surface area contributed by atoms with Crippen LogP contribution in [0.25, 0.3) is 0 Å². The lowest BCUT2D eigenvalue weighted by molar-refractivity contribution is -0.121. The van der Waals surface area contributed by atoms with E-state index in [-0.39, 0.29) is 12.0 Å². The van der Waals surface area contributed by atoms with E-state index >= 15 is 0 Å². The fourth-order valence-corrected chi connectivity index (χ4v) is 3.74. The van der Waals surface area contributed by atoms with Gasteiger partial charge in [0.1, 0.15) is 11.8 Å². The summed E-state index contributed by atoms with van der Waals surface area (Å²) in [5.41, 5.74) is 1.50. The molecule has 0 spiro atoms. The third-order valence-corrected chi connectivity index (χ3v) is 5.49. The Morgan fingerprint density at radius 3 is 2.56 bits per heavy atom. The first-order chi connectivity index (χ1) is 13.1. The van der Waals surface area contributed by atoms with E-state index in [4.69, 9.17) is 4.74 Å². The van der Waals surface area contributed by atoms with Crippen LogP contribution in [0.15, 0.2) is 48.5 Å². The highest BCUT2D eigenvalue weighted by molar-refractivity contribution is 6.00. The number of hydrogen-bond acceptors (Lipinski definition) is 3. The van der Waals surface area contributed by atoms with Crippen LogP contribution in [-0.2, 0) is 10.2 Å². The zero-order chi connectivity index (χ0) is 19.3. The third kappa shape index (κ3) is 3.98. The molecule has 0 heterocycles. The molecule has 0 saturated heterocycles. The Kier molecular flexibility index (Phi) is 5.81. The van der Waals surface area contributed by atoms with Gasteiger partial charge in [0.25, 0.3) is 0 Å². The minimum atomic E-state index is -0.514. The first-order valence-electron chi connectivity index (χ1n) is 9.67. The lowest BCUT2D eigenvalue weighted by Crippen LogP contribution is -2.38. The van der Waals surface area contributed by atoms with Gasteiger partial charge in [-0.15, -0.1) is 0 Å². The largest absolute Gasteiger partial charge is 0.491 e. The SMILES string of the molecule is CC[C@H](C)Oc1ccc(NC(=O)C2(c3ccccc3)CCCC2)c(C#N)c1. The van der Waals surface area contributed by atoms with Gasteiger partial charge in [-0.2, -0.15) is 5.26 Å². The summed E-state index contributed by atoms with van der Waals surface area (Å²) in [5, 5.41) is 12.6. The van der Waals surface area contributed by atoms with Crippen molar-refractivity contribution in [2.75, 3.05) is 5.32 Å². The van der Waals surface area contributed by atoms with Gasteiger partial charge in [-0.25, -0.2) is 0 Å². The Labute approximate surface area is 161 Å². The quantitative estimate of drug-likeness (QED) is 0.769. The standard InChI is InChI=1S/C23H26N2O2/c1-3-17(2)27-20-11-12-21(18(15-20)16-24)25-22(26)23(13-7-8-14-23)19-9-5-4-6-10-19/h4-6,9-12,15,17H,3,7-8,13-14H2,1-2H3,(H,25,26)/t17-/m0/s1. The minimum Gasteiger partial charge on any atom is -0.491 e. The number of anilines is 1. The van der Waals surface area contributed by atoms with Gasteiger partial charge in [0.05, 0.1) is 22.8 Å². The maximum absolute atomic E-state index is 13.3. The van der Waals surface area contributed by atoms with E-state index in [1.165, 1.54) is 0 Å². The van der Waals surface area contributed by atoms with Crippen molar-refractivity contribution in [1.29, 1.82) is 5.26 Å². The molecule has 0 aromatic heterocycles. The van der Waals surface area contributed by atoms with Gasteiger partial charge in [0.2, 0.25) is 5.91 Å². The highest BCUT2D eigenvalue weighted by atomic mass is 16.5. The fraction of sp³-hybridized carbons (Fsp3) is 0.391. The first-order valence-corrected chi connectivity index (χ1v) is 9.67. The van der Waals surface area contributed by atoms with Crippen LogP contribution in [0.5, 0.6) is 5.75 Å². The molecule has 1 fully saturated rings. The number of nitrogens with one attached hydrogen (secondary N) is 1. The molecule has 27 heavy (non-hydrogen) atoms. The molecule has 4 nitrogen and oxygen atoms in total. The second-order valence-electron chi connectivity index (χ2n) is 7.27. The number of rotatable bonds is 6. The normalized spacial score (nSPS) is 16.3. The Morgan fingerprint density at radius 1 is 1.22 bits per heavy atom. The van der Waals surface area contributed by atoms with Gasteiger partial charge in [0, 0.05) is 6.07 Å². The van der Waals surface area contributed by atoms with E-state index in [0.29, 0.717) is 17.0 Å². The number of hydrogen-bond donors (Lipinski definition) is 1. The maximum Gasteiger partial charge on any atom is 0.235 e. The van der Waals surface area contributed by atoms with Crippen molar-refractivity contribution >= 4 is 11.6 Å². The van der Waals surface area contributed by atoms with E-state index in [9.17, 15) is 10.1 Å². The third-order valence-electron chi connectivity index (χ3n) is 5.49. The highest BCUT2D eigenvalue weighted by Crippen LogP contribution is 2.42. The van der Waals surface area contributed by atoms with Gasteiger partial charge >= 0.3 is 0 Å². The topological polar surface area (TPSA) is 62.1 Å². The summed E-state index contributed by atoms with van der Waals surface area (Å²) in [7, 11) is 0. The van der Waals surface area contributed by atoms with Crippen LogP contribution in [0.2, 0.25) is 0 Å². The summed E-state index contributed by atoms with van der Waals surface area (Å²) in [5.74, 6) is 0.621. The van der Waals surface area contributed by atoms with Crippen LogP contribution in [0.4, 0.5) is 5.69 Å². The van der Waals surface area contributed by atoms with E-state index in [0.717, 1.165) is 37.7 Å². The Balaban J connectivity index is 1.85. The van der Waals surface area contributed by atoms with Crippen molar-refractivity contribution in [3.63, 3.8) is 0 Å². The van der Waals surface area contributed by atoms with Crippen LogP contribution < -0.4 is 10.1 Å². The van der Waals surface area contributed by atoms with Crippen LogP contribution >= 0.6 is 0 Å². The zero-order valence-electron chi connectivity index (χ0n) is 16.0. The van der Waals surface area contributed by atoms with Gasteiger partial charge in [-0.1, -0.05) is 50.1 Å². The Bertz CT molecular complexity index is 833. The van der Waals surface area contributed by atoms with Crippen LogP contribution in [-0.4, -0.2) is 12.0 Å². The molecule has 1 atom stereocenters. The zero-order valence-corrected chi connectivity index (χ0v) is 16.0. The molecule has 2 aromatic rings. The van der Waals surface area contributed by atoms with Gasteiger partial charge in [0.15, 0.2) is 0 Å². The number of nitrogens with zero attached hydrogens (tertiary/aromatic N) is 1. The maximum atomic E-state index is 13.3. The number of carbonyl (C=O) groups is 1. The lowest BCUT2D eigenvalue weighted by Gasteiger charge is -2.28. The summed E-state index contributed by atoms with van der Waals surface area (Å²) in [4.78, 5) is 13.3. The van der Waals surface area contributed by atoms with Crippen molar-refractivity contribution in [2.45, 2.75) is 57.5 Å². The molecule has 1 N–H and O–H groups in total. The smallest absolute Gasteiger partial charge is 0.235 e. The number of amides is 1. The molecule has 1 aliphatic carbocycles. The molecule has 4 heteroatoms. The van der Waals surface area contributed by atoms with Crippen LogP contribution in [0.1, 0.15) is 57.1 Å². The average molecular weight is 362 g/mol. The molecule has 140 valence electrons. The predicted molar refractivity (Wildman–Crippen MR) is 107 cm³/mol. The summed E-state index contributed by atoms with van der Waals surface area (Å²) in [6.45, 7) is 4.04. The molecule has 1 aliphatic rings. The minimum absolute atomic E-state index is 0.0294. The highest BCUT2D eigenvalue weighted by Gasteiger charge is 2.42. The fourth-order valence-electron chi connectivity index (χ4n) is 3.74. The van der Waals surface area contributed by atoms with E-state index in [1.54, 1.807) is 12.1 Å². The predicted octanol–water partition coefficient (Wildman–Crippen LogP) is 5.19. The number of ether oxygens (including phenoxy) is 1. The summed E-state index contributed by atoms with van der Waals surface area (Å²) in [6.07, 6.45) is 4.71. The summed E-state index contributed by atoms with van der Waals surface area (Å²) < 4.78 is 5.79. The second-order valence-corrected chi connectivity index (χ2v) is 7.27. The number of nitriles is 1. The van der Waals surface area contributed by atoms with Gasteiger partial charge < -0.3 is 10.1 Å². The van der Waals surface area contributed by atoms with Crippen molar-refractivity contribution in [2.24, 2.45) is 0 Å². The molecule has 1 saturated carbocycles. The summed E-state index contributed by atoms with van der Waals surface area (Å²) >= 11 is 0. The molecule has 0 bridgehead atoms. The summed E-state index contributed by atoms with van der Waals surface area (Å²) in [6, 6.07) is 17.4. The lowest BCUT2D eigenvalue weighted by atomic mass is 9.78. The molecule has 0 aliphatic heterocycles. The molecular weight excluding hydrogens is 336 g/mol. The molecule has 3 rings (SSSR count).